The van der Waals surface area contributed by atoms with Crippen molar-refractivity contribution in [1.82, 2.24) is 10.0 Å². The molecule has 1 unspecified atom stereocenters. The van der Waals surface area contributed by atoms with Crippen molar-refractivity contribution in [1.29, 1.82) is 0 Å². The molecule has 2 heterocycles. The van der Waals surface area contributed by atoms with Crippen molar-refractivity contribution in [2.24, 2.45) is 0 Å². The van der Waals surface area contributed by atoms with Crippen LogP contribution in [0.15, 0.2) is 21.6 Å². The molecule has 2 rings (SSSR count). The van der Waals surface area contributed by atoms with Crippen molar-refractivity contribution in [3.8, 4) is 0 Å². The molecule has 1 atom stereocenters. The number of ether oxygens (including phenoxy) is 1. The molecule has 0 saturated carbocycles. The summed E-state index contributed by atoms with van der Waals surface area (Å²) in [6, 6.07) is 3.14. The molecule has 0 bridgehead atoms. The Morgan fingerprint density at radius 1 is 1.35 bits per heavy atom. The first kappa shape index (κ1) is 15.5. The highest BCUT2D eigenvalue weighted by Gasteiger charge is 2.16. The van der Waals surface area contributed by atoms with Gasteiger partial charge in [-0.3, -0.25) is 0 Å². The lowest BCUT2D eigenvalue weighted by molar-refractivity contribution is 0.0115. The fourth-order valence-corrected chi connectivity index (χ4v) is 2.87. The number of hydrogen-bond donors (Lipinski definition) is 2. The molecule has 1 fully saturated rings. The molecule has 0 aliphatic carbocycles. The lowest BCUT2D eigenvalue weighted by Gasteiger charge is -2.22. The Bertz CT molecular complexity index is 506. The van der Waals surface area contributed by atoms with E-state index in [2.05, 4.69) is 10.0 Å². The molecule has 0 radical (unpaired) electrons. The van der Waals surface area contributed by atoms with Crippen LogP contribution in [0.2, 0.25) is 0 Å². The van der Waals surface area contributed by atoms with E-state index in [0.29, 0.717) is 18.4 Å². The zero-order valence-electron chi connectivity index (χ0n) is 11.7. The Labute approximate surface area is 119 Å². The third-order valence-electron chi connectivity index (χ3n) is 3.39. The summed E-state index contributed by atoms with van der Waals surface area (Å²) in [5, 5.41) is 3.19. The Balaban J connectivity index is 1.72. The summed E-state index contributed by atoms with van der Waals surface area (Å²) in [5.74, 6) is 0.614. The molecule has 1 aromatic heterocycles. The van der Waals surface area contributed by atoms with Gasteiger partial charge in [0.15, 0.2) is 0 Å². The van der Waals surface area contributed by atoms with Crippen LogP contribution in [0.4, 0.5) is 0 Å². The fourth-order valence-electron chi connectivity index (χ4n) is 2.21. The van der Waals surface area contributed by atoms with Crippen LogP contribution in [-0.2, 0) is 21.3 Å². The van der Waals surface area contributed by atoms with Gasteiger partial charge < -0.3 is 14.5 Å². The number of rotatable bonds is 7. The maximum Gasteiger partial charge on any atom is 0.273 e. The average Bonchev–Trinajstić information content (AvgIpc) is 2.94. The molecule has 114 valence electrons. The first-order valence-corrected chi connectivity index (χ1v) is 8.45. The molecule has 1 aromatic rings. The Morgan fingerprint density at radius 2 is 2.20 bits per heavy atom. The summed E-state index contributed by atoms with van der Waals surface area (Å²) >= 11 is 0. The highest BCUT2D eigenvalue weighted by Crippen LogP contribution is 2.15. The minimum atomic E-state index is -3.49. The van der Waals surface area contributed by atoms with Gasteiger partial charge in [-0.25, -0.2) is 13.1 Å². The van der Waals surface area contributed by atoms with E-state index in [1.54, 1.807) is 6.07 Å². The Morgan fingerprint density at radius 3 is 2.90 bits per heavy atom. The number of sulfonamides is 1. The summed E-state index contributed by atoms with van der Waals surface area (Å²) < 4.78 is 36.2. The first-order valence-electron chi connectivity index (χ1n) is 6.96. The Kier molecular flexibility index (Phi) is 5.59. The minimum absolute atomic E-state index is 0.0487. The highest BCUT2D eigenvalue weighted by molar-refractivity contribution is 7.89. The summed E-state index contributed by atoms with van der Waals surface area (Å²) in [6.45, 7) is 2.22. The minimum Gasteiger partial charge on any atom is -0.447 e. The third-order valence-corrected chi connectivity index (χ3v) is 4.67. The van der Waals surface area contributed by atoms with Crippen molar-refractivity contribution in [3.63, 3.8) is 0 Å². The van der Waals surface area contributed by atoms with Crippen LogP contribution in [0.3, 0.4) is 0 Å². The lowest BCUT2D eigenvalue weighted by atomic mass is 10.1. The number of furan rings is 1. The number of hydrogen-bond acceptors (Lipinski definition) is 5. The van der Waals surface area contributed by atoms with E-state index in [-0.39, 0.29) is 5.09 Å². The van der Waals surface area contributed by atoms with E-state index in [0.717, 1.165) is 26.0 Å². The van der Waals surface area contributed by atoms with Crippen LogP contribution in [0.25, 0.3) is 0 Å². The van der Waals surface area contributed by atoms with Gasteiger partial charge in [-0.15, -0.1) is 0 Å². The molecule has 0 aromatic carbocycles. The molecule has 6 nitrogen and oxygen atoms in total. The van der Waals surface area contributed by atoms with E-state index in [1.807, 2.05) is 0 Å². The van der Waals surface area contributed by atoms with E-state index >= 15 is 0 Å². The van der Waals surface area contributed by atoms with Crippen LogP contribution >= 0.6 is 0 Å². The third kappa shape index (κ3) is 4.31. The molecule has 0 spiro atoms. The molecule has 1 saturated heterocycles. The standard InChI is InChI=1S/C13H22N2O4S/c1-14-20(16,17)13-6-5-12(19-13)10-15-8-7-11-4-2-3-9-18-11/h5-6,11,14-15H,2-4,7-10H2,1H3. The molecule has 0 amide bonds. The van der Waals surface area contributed by atoms with Crippen LogP contribution in [0, 0.1) is 0 Å². The summed E-state index contributed by atoms with van der Waals surface area (Å²) in [5.41, 5.74) is 0. The summed E-state index contributed by atoms with van der Waals surface area (Å²) in [7, 11) is -2.13. The second kappa shape index (κ2) is 7.21. The average molecular weight is 302 g/mol. The fraction of sp³-hybridized carbons (Fsp3) is 0.692. The molecular formula is C13H22N2O4S. The van der Waals surface area contributed by atoms with Gasteiger partial charge in [0.2, 0.25) is 5.09 Å². The number of nitrogens with one attached hydrogen (secondary N) is 2. The van der Waals surface area contributed by atoms with E-state index < -0.39 is 10.0 Å². The predicted molar refractivity (Wildman–Crippen MR) is 74.9 cm³/mol. The van der Waals surface area contributed by atoms with Crippen LogP contribution < -0.4 is 10.0 Å². The van der Waals surface area contributed by atoms with Gasteiger partial charge in [0.25, 0.3) is 10.0 Å². The SMILES string of the molecule is CNS(=O)(=O)c1ccc(CNCCC2CCCCO2)o1. The largest absolute Gasteiger partial charge is 0.447 e. The van der Waals surface area contributed by atoms with E-state index in [4.69, 9.17) is 9.15 Å². The van der Waals surface area contributed by atoms with Crippen molar-refractivity contribution in [3.05, 3.63) is 17.9 Å². The van der Waals surface area contributed by atoms with Crippen molar-refractivity contribution < 1.29 is 17.6 Å². The maximum atomic E-state index is 11.5. The molecule has 1 aliphatic rings. The second-order valence-corrected chi connectivity index (χ2v) is 6.70. The molecule has 1 aliphatic heterocycles. The molecule has 2 N–H and O–H groups in total. The summed E-state index contributed by atoms with van der Waals surface area (Å²) in [6.07, 6.45) is 4.87. The normalized spacial score (nSPS) is 20.1. The second-order valence-electron chi connectivity index (χ2n) is 4.88. The lowest BCUT2D eigenvalue weighted by Crippen LogP contribution is -2.25. The quantitative estimate of drug-likeness (QED) is 0.741. The van der Waals surface area contributed by atoms with Gasteiger partial charge in [0, 0.05) is 6.61 Å². The van der Waals surface area contributed by atoms with Gasteiger partial charge in [-0.05, 0) is 51.4 Å². The Hall–Kier alpha value is -0.890. The van der Waals surface area contributed by atoms with Gasteiger partial charge in [0.1, 0.15) is 5.76 Å². The van der Waals surface area contributed by atoms with Crippen molar-refractivity contribution >= 4 is 10.0 Å². The zero-order chi connectivity index (χ0) is 14.4. The first-order chi connectivity index (χ1) is 9.62. The van der Waals surface area contributed by atoms with Gasteiger partial charge in [0.05, 0.1) is 12.6 Å². The highest BCUT2D eigenvalue weighted by atomic mass is 32.2. The van der Waals surface area contributed by atoms with Gasteiger partial charge in [-0.1, -0.05) is 0 Å². The van der Waals surface area contributed by atoms with E-state index in [1.165, 1.54) is 26.0 Å². The van der Waals surface area contributed by atoms with Gasteiger partial charge >= 0.3 is 0 Å². The van der Waals surface area contributed by atoms with Crippen LogP contribution in [-0.4, -0.2) is 34.7 Å². The molecular weight excluding hydrogens is 280 g/mol. The van der Waals surface area contributed by atoms with Crippen LogP contribution in [0.1, 0.15) is 31.4 Å². The topological polar surface area (TPSA) is 80.6 Å². The molecule has 7 heteroatoms. The van der Waals surface area contributed by atoms with Crippen molar-refractivity contribution in [2.75, 3.05) is 20.2 Å². The molecule has 20 heavy (non-hydrogen) atoms. The maximum absolute atomic E-state index is 11.5. The van der Waals surface area contributed by atoms with Crippen LogP contribution in [0.5, 0.6) is 0 Å². The monoisotopic (exact) mass is 302 g/mol. The summed E-state index contributed by atoms with van der Waals surface area (Å²) in [4.78, 5) is 0. The van der Waals surface area contributed by atoms with Crippen molar-refractivity contribution in [2.45, 2.75) is 43.4 Å². The zero-order valence-corrected chi connectivity index (χ0v) is 12.5. The predicted octanol–water partition coefficient (Wildman–Crippen LogP) is 1.24. The van der Waals surface area contributed by atoms with Gasteiger partial charge in [-0.2, -0.15) is 0 Å². The smallest absolute Gasteiger partial charge is 0.273 e. The van der Waals surface area contributed by atoms with E-state index in [9.17, 15) is 8.42 Å².